The maximum Gasteiger partial charge on any atom is 0.339 e. The molecule has 0 radical (unpaired) electrons. The molecule has 31 heavy (non-hydrogen) atoms. The molecule has 1 aromatic carbocycles. The lowest BCUT2D eigenvalue weighted by Gasteiger charge is -2.36. The molecular weight excluding hydrogens is 406 g/mol. The Morgan fingerprint density at radius 1 is 1.16 bits per heavy atom. The lowest BCUT2D eigenvalue weighted by atomic mass is 9.69. The first-order valence-electron chi connectivity index (χ1n) is 10.6. The zero-order valence-electron chi connectivity index (χ0n) is 18.4. The first kappa shape index (κ1) is 21.4. The van der Waals surface area contributed by atoms with Crippen LogP contribution in [-0.2, 0) is 16.0 Å². The van der Waals surface area contributed by atoms with Gasteiger partial charge in [0.15, 0.2) is 5.78 Å². The van der Waals surface area contributed by atoms with Crippen LogP contribution in [0.1, 0.15) is 60.6 Å². The van der Waals surface area contributed by atoms with Gasteiger partial charge in [-0.3, -0.25) is 4.79 Å². The van der Waals surface area contributed by atoms with E-state index in [0.29, 0.717) is 11.5 Å². The van der Waals surface area contributed by atoms with Gasteiger partial charge in [0.05, 0.1) is 16.8 Å². The average Bonchev–Trinajstić information content (AvgIpc) is 3.22. The normalized spacial score (nSPS) is 17.5. The van der Waals surface area contributed by atoms with Crippen molar-refractivity contribution in [2.24, 2.45) is 11.3 Å². The summed E-state index contributed by atoms with van der Waals surface area (Å²) in [6, 6.07) is 11.8. The second kappa shape index (κ2) is 8.39. The Morgan fingerprint density at radius 2 is 1.94 bits per heavy atom. The molecule has 2 heterocycles. The number of thiophene rings is 1. The van der Waals surface area contributed by atoms with Gasteiger partial charge in [-0.25, -0.2) is 9.78 Å². The molecule has 160 valence electrons. The summed E-state index contributed by atoms with van der Waals surface area (Å²) in [4.78, 5) is 30.8. The summed E-state index contributed by atoms with van der Waals surface area (Å²) in [6.45, 7) is 7.94. The van der Waals surface area contributed by atoms with E-state index in [2.05, 4.69) is 38.3 Å². The fourth-order valence-electron chi connectivity index (χ4n) is 4.15. The number of hydrogen-bond acceptors (Lipinski definition) is 5. The predicted octanol–water partition coefficient (Wildman–Crippen LogP) is 6.19. The van der Waals surface area contributed by atoms with E-state index in [1.165, 1.54) is 11.8 Å². The van der Waals surface area contributed by atoms with Crippen LogP contribution in [0.2, 0.25) is 0 Å². The number of Topliss-reactive ketones (excluding diaryl/α,β-unsaturated/α-hetero) is 1. The Morgan fingerprint density at radius 3 is 2.61 bits per heavy atom. The van der Waals surface area contributed by atoms with E-state index in [9.17, 15) is 9.59 Å². The van der Waals surface area contributed by atoms with Gasteiger partial charge in [0.25, 0.3) is 0 Å². The van der Waals surface area contributed by atoms with Gasteiger partial charge < -0.3 is 4.74 Å². The molecule has 0 fully saturated rings. The molecule has 1 atom stereocenters. The maximum atomic E-state index is 13.2. The number of ether oxygens (including phenoxy) is 1. The van der Waals surface area contributed by atoms with Crippen molar-refractivity contribution in [2.45, 2.75) is 40.5 Å². The van der Waals surface area contributed by atoms with Gasteiger partial charge in [-0.1, -0.05) is 45.0 Å². The van der Waals surface area contributed by atoms with Crippen LogP contribution in [0.25, 0.3) is 22.6 Å². The summed E-state index contributed by atoms with van der Waals surface area (Å²) in [5.74, 6) is -0.268. The first-order chi connectivity index (χ1) is 14.7. The minimum atomic E-state index is -0.449. The molecule has 2 aromatic heterocycles. The lowest BCUT2D eigenvalue weighted by molar-refractivity contribution is -0.120. The molecule has 0 saturated carbocycles. The number of ketones is 1. The molecule has 1 aliphatic carbocycles. The third kappa shape index (κ3) is 4.47. The minimum absolute atomic E-state index is 0.0679. The third-order valence-corrected chi connectivity index (χ3v) is 6.73. The highest BCUT2D eigenvalue weighted by molar-refractivity contribution is 7.10. The van der Waals surface area contributed by atoms with E-state index in [-0.39, 0.29) is 17.8 Å². The van der Waals surface area contributed by atoms with E-state index in [0.717, 1.165) is 40.6 Å². The highest BCUT2D eigenvalue weighted by Gasteiger charge is 2.35. The van der Waals surface area contributed by atoms with Gasteiger partial charge in [-0.15, -0.1) is 11.3 Å². The van der Waals surface area contributed by atoms with Crippen LogP contribution in [0.15, 0.2) is 41.8 Å². The fraction of sp³-hybridized carbons (Fsp3) is 0.346. The third-order valence-electron chi connectivity index (χ3n) is 5.91. The SMILES string of the molecule is CC(=O)COC(=O)c1c2c(nc3ccccc13)C(=Cc1cccs1)CC(C(C)(C)C)C2. The number of fused-ring (bicyclic) bond motifs is 2. The van der Waals surface area contributed by atoms with Crippen LogP contribution in [0.4, 0.5) is 0 Å². The highest BCUT2D eigenvalue weighted by Crippen LogP contribution is 2.45. The van der Waals surface area contributed by atoms with Gasteiger partial charge in [-0.05, 0) is 65.8 Å². The van der Waals surface area contributed by atoms with E-state index in [4.69, 9.17) is 9.72 Å². The molecule has 0 amide bonds. The predicted molar refractivity (Wildman–Crippen MR) is 126 cm³/mol. The largest absolute Gasteiger partial charge is 0.454 e. The lowest BCUT2D eigenvalue weighted by Crippen LogP contribution is -2.29. The molecule has 0 bridgehead atoms. The molecule has 4 rings (SSSR count). The average molecular weight is 434 g/mol. The van der Waals surface area contributed by atoms with E-state index in [1.807, 2.05) is 30.3 Å². The van der Waals surface area contributed by atoms with Crippen molar-refractivity contribution in [1.82, 2.24) is 4.98 Å². The van der Waals surface area contributed by atoms with Crippen LogP contribution in [0.3, 0.4) is 0 Å². The van der Waals surface area contributed by atoms with Crippen molar-refractivity contribution < 1.29 is 14.3 Å². The Bertz CT molecular complexity index is 1170. The zero-order chi connectivity index (χ0) is 22.2. The van der Waals surface area contributed by atoms with E-state index < -0.39 is 5.97 Å². The summed E-state index contributed by atoms with van der Waals surface area (Å²) >= 11 is 1.69. The molecule has 5 heteroatoms. The van der Waals surface area contributed by atoms with Crippen molar-refractivity contribution in [3.63, 3.8) is 0 Å². The van der Waals surface area contributed by atoms with E-state index in [1.54, 1.807) is 11.3 Å². The first-order valence-corrected chi connectivity index (χ1v) is 11.4. The Balaban J connectivity index is 1.95. The van der Waals surface area contributed by atoms with Crippen LogP contribution < -0.4 is 0 Å². The van der Waals surface area contributed by atoms with Gasteiger partial charge in [0.1, 0.15) is 6.61 Å². The Labute approximate surface area is 187 Å². The molecule has 3 aromatic rings. The van der Waals surface area contributed by atoms with E-state index >= 15 is 0 Å². The van der Waals surface area contributed by atoms with Crippen LogP contribution in [0.5, 0.6) is 0 Å². The Hall–Kier alpha value is -2.79. The van der Waals surface area contributed by atoms with Crippen molar-refractivity contribution in [3.05, 3.63) is 63.5 Å². The Kier molecular flexibility index (Phi) is 5.80. The number of pyridine rings is 1. The maximum absolute atomic E-state index is 13.2. The number of para-hydroxylation sites is 1. The summed E-state index contributed by atoms with van der Waals surface area (Å²) in [5.41, 5.74) is 4.34. The number of aromatic nitrogens is 1. The molecule has 0 aliphatic heterocycles. The number of carbonyl (C=O) groups is 2. The summed E-state index contributed by atoms with van der Waals surface area (Å²) in [5, 5.41) is 2.84. The number of rotatable bonds is 4. The van der Waals surface area contributed by atoms with Crippen molar-refractivity contribution in [3.8, 4) is 0 Å². The van der Waals surface area contributed by atoms with Gasteiger partial charge in [0, 0.05) is 10.3 Å². The van der Waals surface area contributed by atoms with Crippen molar-refractivity contribution in [1.29, 1.82) is 0 Å². The number of allylic oxidation sites excluding steroid dienone is 1. The van der Waals surface area contributed by atoms with Crippen LogP contribution in [0, 0.1) is 11.3 Å². The smallest absolute Gasteiger partial charge is 0.339 e. The summed E-state index contributed by atoms with van der Waals surface area (Å²) < 4.78 is 5.39. The molecule has 0 saturated heterocycles. The fourth-order valence-corrected chi connectivity index (χ4v) is 4.84. The van der Waals surface area contributed by atoms with Crippen molar-refractivity contribution >= 4 is 45.6 Å². The molecule has 1 aliphatic rings. The number of benzene rings is 1. The van der Waals surface area contributed by atoms with Gasteiger partial charge in [0.2, 0.25) is 0 Å². The zero-order valence-corrected chi connectivity index (χ0v) is 19.2. The number of nitrogens with zero attached hydrogens (tertiary/aromatic N) is 1. The summed E-state index contributed by atoms with van der Waals surface area (Å²) in [7, 11) is 0. The number of carbonyl (C=O) groups excluding carboxylic acids is 2. The summed E-state index contributed by atoms with van der Waals surface area (Å²) in [6.07, 6.45) is 3.86. The molecule has 4 nitrogen and oxygen atoms in total. The topological polar surface area (TPSA) is 56.3 Å². The molecule has 0 N–H and O–H groups in total. The van der Waals surface area contributed by atoms with Gasteiger partial charge >= 0.3 is 5.97 Å². The molecule has 0 spiro atoms. The van der Waals surface area contributed by atoms with Crippen LogP contribution >= 0.6 is 11.3 Å². The molecule has 1 unspecified atom stereocenters. The van der Waals surface area contributed by atoms with Crippen molar-refractivity contribution in [2.75, 3.05) is 6.61 Å². The number of esters is 1. The molecular formula is C26H27NO3S. The second-order valence-corrected chi connectivity index (χ2v) is 10.2. The monoisotopic (exact) mass is 433 g/mol. The second-order valence-electron chi connectivity index (χ2n) is 9.27. The standard InChI is InChI=1S/C26H27NO3S/c1-16(28)15-30-25(29)23-20-9-5-6-10-22(20)27-24-17(13-19-8-7-11-31-19)12-18(14-21(23)24)26(2,3)4/h5-11,13,18H,12,14-15H2,1-4H3. The number of hydrogen-bond donors (Lipinski definition) is 0. The minimum Gasteiger partial charge on any atom is -0.454 e. The quantitative estimate of drug-likeness (QED) is 0.460. The van der Waals surface area contributed by atoms with Crippen LogP contribution in [-0.4, -0.2) is 23.3 Å². The van der Waals surface area contributed by atoms with Gasteiger partial charge in [-0.2, -0.15) is 0 Å². The highest BCUT2D eigenvalue weighted by atomic mass is 32.1.